The van der Waals surface area contributed by atoms with Gasteiger partial charge in [-0.15, -0.1) is 0 Å². The van der Waals surface area contributed by atoms with Gasteiger partial charge in [0.05, 0.1) is 0 Å². The Morgan fingerprint density at radius 3 is 2.06 bits per heavy atom. The van der Waals surface area contributed by atoms with Gasteiger partial charge in [0, 0.05) is 0 Å². The number of carbonyl (C=O) groups is 2. The first-order valence-corrected chi connectivity index (χ1v) is 4.96. The van der Waals surface area contributed by atoms with Gasteiger partial charge in [0.15, 0.2) is 0 Å². The zero-order valence-corrected chi connectivity index (χ0v) is 9.02. The second-order valence-electron chi connectivity index (χ2n) is 3.73. The maximum Gasteiger partial charge on any atom is 0.406 e. The van der Waals surface area contributed by atoms with E-state index in [-0.39, 0.29) is 17.7 Å². The summed E-state index contributed by atoms with van der Waals surface area (Å²) in [6.07, 6.45) is -4.00. The van der Waals surface area contributed by atoms with E-state index >= 15 is 0 Å². The lowest BCUT2D eigenvalue weighted by atomic mass is 9.93. The number of alkyl halides is 3. The molecule has 92 valence electrons. The summed E-state index contributed by atoms with van der Waals surface area (Å²) in [5.41, 5.74) is -1.16. The quantitative estimate of drug-likeness (QED) is 0.760. The topological polar surface area (TPSA) is 49.4 Å². The van der Waals surface area contributed by atoms with Crippen molar-refractivity contribution in [3.63, 3.8) is 0 Å². The fourth-order valence-corrected chi connectivity index (χ4v) is 1.73. The molecule has 0 bridgehead atoms. The molecule has 0 aromatic rings. The van der Waals surface area contributed by atoms with Gasteiger partial charge >= 0.3 is 12.2 Å². The van der Waals surface area contributed by atoms with Crippen molar-refractivity contribution in [3.8, 4) is 0 Å². The average molecular weight is 238 g/mol. The van der Waals surface area contributed by atoms with Crippen LogP contribution in [0.25, 0.3) is 0 Å². The Labute approximate surface area is 90.8 Å². The molecule has 16 heavy (non-hydrogen) atoms. The van der Waals surface area contributed by atoms with E-state index in [0.717, 1.165) is 0 Å². The molecule has 1 aliphatic rings. The fourth-order valence-electron chi connectivity index (χ4n) is 1.73. The molecular weight excluding hydrogens is 225 g/mol. The lowest BCUT2D eigenvalue weighted by Gasteiger charge is -2.23. The number of nitrogens with one attached hydrogen (secondary N) is 1. The van der Waals surface area contributed by atoms with Gasteiger partial charge in [0.1, 0.15) is 12.1 Å². The van der Waals surface area contributed by atoms with Crippen LogP contribution in [0, 0.1) is 0 Å². The van der Waals surface area contributed by atoms with Gasteiger partial charge < -0.3 is 5.32 Å². The Kier molecular flexibility index (Phi) is 3.16. The molecule has 1 fully saturated rings. The Morgan fingerprint density at radius 2 is 1.75 bits per heavy atom. The predicted octanol–water partition coefficient (Wildman–Crippen LogP) is 1.66. The van der Waals surface area contributed by atoms with Crippen LogP contribution in [-0.4, -0.2) is 35.1 Å². The normalized spacial score (nSPS) is 20.2. The highest BCUT2D eigenvalue weighted by atomic mass is 19.4. The van der Waals surface area contributed by atoms with Crippen molar-refractivity contribution < 1.29 is 22.8 Å². The number of urea groups is 1. The van der Waals surface area contributed by atoms with Crippen molar-refractivity contribution in [2.75, 3.05) is 6.54 Å². The van der Waals surface area contributed by atoms with Crippen LogP contribution in [0.5, 0.6) is 0 Å². The zero-order valence-electron chi connectivity index (χ0n) is 9.02. The standard InChI is InChI=1S/C9H13F3N2O2/c1-3-8(4-2)6(15)14(7(16)13-8)5-9(10,11)12/h3-5H2,1-2H3,(H,13,16). The SMILES string of the molecule is CCC1(CC)NC(=O)N(CC(F)(F)F)C1=O. The molecule has 0 radical (unpaired) electrons. The van der Waals surface area contributed by atoms with Crippen LogP contribution in [0.3, 0.4) is 0 Å². The minimum absolute atomic E-state index is 0.229. The minimum atomic E-state index is -4.56. The molecule has 1 heterocycles. The van der Waals surface area contributed by atoms with E-state index < -0.39 is 30.2 Å². The molecule has 0 aromatic carbocycles. The summed E-state index contributed by atoms with van der Waals surface area (Å²) in [5.74, 6) is -0.792. The largest absolute Gasteiger partial charge is 0.406 e. The first-order valence-electron chi connectivity index (χ1n) is 4.96. The van der Waals surface area contributed by atoms with E-state index in [4.69, 9.17) is 0 Å². The second kappa shape index (κ2) is 3.95. The second-order valence-corrected chi connectivity index (χ2v) is 3.73. The van der Waals surface area contributed by atoms with Crippen LogP contribution in [0.1, 0.15) is 26.7 Å². The molecule has 3 amide bonds. The first-order chi connectivity index (χ1) is 7.25. The number of halogens is 3. The molecule has 0 spiro atoms. The van der Waals surface area contributed by atoms with Gasteiger partial charge in [-0.1, -0.05) is 13.8 Å². The number of carbonyl (C=O) groups excluding carboxylic acids is 2. The van der Waals surface area contributed by atoms with Gasteiger partial charge in [-0.3, -0.25) is 9.69 Å². The summed E-state index contributed by atoms with van der Waals surface area (Å²) in [7, 11) is 0. The van der Waals surface area contributed by atoms with Gasteiger partial charge in [-0.2, -0.15) is 13.2 Å². The summed E-state index contributed by atoms with van der Waals surface area (Å²) in [6, 6.07) is -0.967. The van der Waals surface area contributed by atoms with Crippen molar-refractivity contribution in [2.24, 2.45) is 0 Å². The van der Waals surface area contributed by atoms with E-state index in [1.165, 1.54) is 0 Å². The third kappa shape index (κ3) is 2.12. The fraction of sp³-hybridized carbons (Fsp3) is 0.778. The third-order valence-corrected chi connectivity index (χ3v) is 2.79. The molecule has 7 heteroatoms. The first kappa shape index (κ1) is 12.8. The van der Waals surface area contributed by atoms with Crippen molar-refractivity contribution in [1.29, 1.82) is 0 Å². The van der Waals surface area contributed by atoms with Gasteiger partial charge in [0.2, 0.25) is 0 Å². The van der Waals surface area contributed by atoms with Crippen LogP contribution < -0.4 is 5.32 Å². The highest BCUT2D eigenvalue weighted by Crippen LogP contribution is 2.27. The highest BCUT2D eigenvalue weighted by Gasteiger charge is 2.51. The van der Waals surface area contributed by atoms with Gasteiger partial charge in [0.25, 0.3) is 5.91 Å². The number of amides is 3. The molecule has 0 saturated carbocycles. The Hall–Kier alpha value is -1.27. The molecule has 0 atom stereocenters. The van der Waals surface area contributed by atoms with Crippen molar-refractivity contribution in [2.45, 2.75) is 38.4 Å². The van der Waals surface area contributed by atoms with Crippen molar-refractivity contribution in [1.82, 2.24) is 10.2 Å². The zero-order chi connectivity index (χ0) is 12.6. The number of imide groups is 1. The molecule has 1 aliphatic heterocycles. The summed E-state index contributed by atoms with van der Waals surface area (Å²) in [6.45, 7) is 1.77. The number of rotatable bonds is 3. The summed E-state index contributed by atoms with van der Waals surface area (Å²) < 4.78 is 36.4. The lowest BCUT2D eigenvalue weighted by Crippen LogP contribution is -2.46. The van der Waals surface area contributed by atoms with E-state index in [0.29, 0.717) is 0 Å². The summed E-state index contributed by atoms with van der Waals surface area (Å²) >= 11 is 0. The highest BCUT2D eigenvalue weighted by molar-refractivity contribution is 6.07. The number of hydrogen-bond acceptors (Lipinski definition) is 2. The Balaban J connectivity index is 2.91. The number of nitrogens with zero attached hydrogens (tertiary/aromatic N) is 1. The molecule has 1 rings (SSSR count). The van der Waals surface area contributed by atoms with Crippen LogP contribution in [0.4, 0.5) is 18.0 Å². The van der Waals surface area contributed by atoms with E-state index in [9.17, 15) is 22.8 Å². The van der Waals surface area contributed by atoms with Gasteiger partial charge in [-0.25, -0.2) is 4.79 Å². The van der Waals surface area contributed by atoms with E-state index in [1.807, 2.05) is 0 Å². The lowest BCUT2D eigenvalue weighted by molar-refractivity contribution is -0.155. The average Bonchev–Trinajstić information content (AvgIpc) is 2.41. The predicted molar refractivity (Wildman–Crippen MR) is 49.6 cm³/mol. The van der Waals surface area contributed by atoms with E-state index in [1.54, 1.807) is 13.8 Å². The monoisotopic (exact) mass is 238 g/mol. The summed E-state index contributed by atoms with van der Waals surface area (Å²) in [4.78, 5) is 23.2. The molecular formula is C9H13F3N2O2. The maximum absolute atomic E-state index is 12.1. The smallest absolute Gasteiger partial charge is 0.323 e. The molecule has 4 nitrogen and oxygen atoms in total. The van der Waals surface area contributed by atoms with Crippen LogP contribution in [0.15, 0.2) is 0 Å². The third-order valence-electron chi connectivity index (χ3n) is 2.79. The van der Waals surface area contributed by atoms with Crippen LogP contribution in [0.2, 0.25) is 0 Å². The van der Waals surface area contributed by atoms with E-state index in [2.05, 4.69) is 5.32 Å². The maximum atomic E-state index is 12.1. The van der Waals surface area contributed by atoms with Crippen LogP contribution >= 0.6 is 0 Å². The van der Waals surface area contributed by atoms with Crippen LogP contribution in [-0.2, 0) is 4.79 Å². The molecule has 0 aliphatic carbocycles. The Bertz CT molecular complexity index is 310. The molecule has 0 unspecified atom stereocenters. The molecule has 1 N–H and O–H groups in total. The Morgan fingerprint density at radius 1 is 1.25 bits per heavy atom. The molecule has 1 saturated heterocycles. The van der Waals surface area contributed by atoms with Crippen molar-refractivity contribution in [3.05, 3.63) is 0 Å². The van der Waals surface area contributed by atoms with Gasteiger partial charge in [-0.05, 0) is 12.8 Å². The minimum Gasteiger partial charge on any atom is -0.323 e. The molecule has 0 aromatic heterocycles. The number of hydrogen-bond donors (Lipinski definition) is 1. The van der Waals surface area contributed by atoms with Crippen molar-refractivity contribution >= 4 is 11.9 Å². The summed E-state index contributed by atoms with van der Waals surface area (Å²) in [5, 5.41) is 2.33.